The highest BCUT2D eigenvalue weighted by Gasteiger charge is 2.66. The van der Waals surface area contributed by atoms with Crippen molar-refractivity contribution in [3.05, 3.63) is 53.8 Å². The van der Waals surface area contributed by atoms with Gasteiger partial charge in [0.2, 0.25) is 9.04 Å². The Morgan fingerprint density at radius 2 is 1.62 bits per heavy atom. The molecule has 2 fully saturated rings. The molecule has 0 aliphatic heterocycles. The van der Waals surface area contributed by atoms with E-state index in [1.165, 1.54) is 19.3 Å². The standard InChI is InChI=1S/C37H64O5SSi2/c1-15-16-22-36(10,35(7,8)9)23-21-31(41-44(11)12)32-29-24-27(3)33(40-43(38,39)28-19-17-26(2)18-20-28)37(29,42-45(13)14)25-30(32)34(4,5)6/h17-21,29-30,32-33,44-45H,3,15-16,22-25H2,1-2,4-14H3/t29-,30+,32+,33?,36?,37-/m0/s1. The molecule has 6 atom stereocenters. The van der Waals surface area contributed by atoms with Crippen LogP contribution in [0.15, 0.2) is 53.1 Å². The molecule has 0 bridgehead atoms. The van der Waals surface area contributed by atoms with Crippen LogP contribution in [0.25, 0.3) is 0 Å². The molecule has 2 saturated carbocycles. The highest BCUT2D eigenvalue weighted by molar-refractivity contribution is 7.86. The van der Waals surface area contributed by atoms with E-state index >= 15 is 0 Å². The zero-order chi connectivity index (χ0) is 34.2. The molecule has 2 aliphatic carbocycles. The van der Waals surface area contributed by atoms with Gasteiger partial charge in [0.1, 0.15) is 6.10 Å². The van der Waals surface area contributed by atoms with E-state index in [2.05, 4.69) is 94.2 Å². The summed E-state index contributed by atoms with van der Waals surface area (Å²) in [5.41, 5.74) is 1.25. The topological polar surface area (TPSA) is 61.8 Å². The molecule has 1 aromatic carbocycles. The molecular formula is C37H64O5SSi2. The second-order valence-electron chi connectivity index (χ2n) is 16.9. The fourth-order valence-electron chi connectivity index (χ4n) is 7.67. The van der Waals surface area contributed by atoms with Crippen LogP contribution in [0, 0.1) is 40.9 Å². The first-order valence-corrected chi connectivity index (χ1v) is 24.3. The second kappa shape index (κ2) is 14.1. The van der Waals surface area contributed by atoms with E-state index < -0.39 is 39.9 Å². The fraction of sp³-hybridized carbons (Fsp3) is 0.730. The summed E-state index contributed by atoms with van der Waals surface area (Å²) in [5.74, 6) is 1.44. The van der Waals surface area contributed by atoms with Crippen LogP contribution in [0.3, 0.4) is 0 Å². The van der Waals surface area contributed by atoms with Crippen LogP contribution in [-0.4, -0.2) is 38.2 Å². The summed E-state index contributed by atoms with van der Waals surface area (Å²) in [7, 11) is -7.14. The summed E-state index contributed by atoms with van der Waals surface area (Å²) in [6, 6.07) is 6.89. The Kier molecular flexibility index (Phi) is 12.0. The predicted octanol–water partition coefficient (Wildman–Crippen LogP) is 9.58. The summed E-state index contributed by atoms with van der Waals surface area (Å²) in [4.78, 5) is 0.173. The molecule has 1 aromatic rings. The van der Waals surface area contributed by atoms with Crippen molar-refractivity contribution in [3.63, 3.8) is 0 Å². The summed E-state index contributed by atoms with van der Waals surface area (Å²) in [6.07, 6.45) is 7.58. The highest BCUT2D eigenvalue weighted by Crippen LogP contribution is 2.64. The van der Waals surface area contributed by atoms with Gasteiger partial charge in [0.05, 0.1) is 16.3 Å². The third kappa shape index (κ3) is 8.46. The third-order valence-corrected chi connectivity index (χ3v) is 13.7. The molecule has 0 radical (unpaired) electrons. The summed E-state index contributed by atoms with van der Waals surface area (Å²) < 4.78 is 47.8. The molecule has 8 heteroatoms. The van der Waals surface area contributed by atoms with Crippen LogP contribution in [0.5, 0.6) is 0 Å². The predicted molar refractivity (Wildman–Crippen MR) is 194 cm³/mol. The quantitative estimate of drug-likeness (QED) is 0.0901. The zero-order valence-electron chi connectivity index (χ0n) is 30.8. The lowest BCUT2D eigenvalue weighted by atomic mass is 9.63. The van der Waals surface area contributed by atoms with Gasteiger partial charge in [-0.2, -0.15) is 8.42 Å². The Hall–Kier alpha value is -1.20. The van der Waals surface area contributed by atoms with Crippen molar-refractivity contribution < 1.29 is 21.5 Å². The molecule has 0 aromatic heterocycles. The van der Waals surface area contributed by atoms with Crippen LogP contribution in [0.2, 0.25) is 26.2 Å². The van der Waals surface area contributed by atoms with Crippen LogP contribution < -0.4 is 0 Å². The Morgan fingerprint density at radius 1 is 1.02 bits per heavy atom. The average molecular weight is 677 g/mol. The molecule has 0 spiro atoms. The average Bonchev–Trinajstić information content (AvgIpc) is 3.34. The first kappa shape index (κ1) is 38.3. The summed E-state index contributed by atoms with van der Waals surface area (Å²) >= 11 is 0. The molecule has 0 N–H and O–H groups in total. The van der Waals surface area contributed by atoms with Gasteiger partial charge in [0, 0.05) is 11.8 Å². The Bertz CT molecular complexity index is 1310. The number of allylic oxidation sites excluding steroid dienone is 2. The number of rotatable bonds is 13. The van der Waals surface area contributed by atoms with Gasteiger partial charge in [-0.15, -0.1) is 0 Å². The zero-order valence-corrected chi connectivity index (χ0v) is 33.9. The van der Waals surface area contributed by atoms with Crippen molar-refractivity contribution in [1.82, 2.24) is 0 Å². The van der Waals surface area contributed by atoms with Gasteiger partial charge in [-0.25, -0.2) is 0 Å². The maximum absolute atomic E-state index is 13.8. The van der Waals surface area contributed by atoms with Crippen molar-refractivity contribution in [2.24, 2.45) is 34.0 Å². The molecule has 2 unspecified atom stereocenters. The largest absolute Gasteiger partial charge is 0.550 e. The van der Waals surface area contributed by atoms with E-state index in [-0.39, 0.29) is 38.9 Å². The van der Waals surface area contributed by atoms with Crippen LogP contribution in [-0.2, 0) is 23.2 Å². The van der Waals surface area contributed by atoms with Crippen molar-refractivity contribution in [2.75, 3.05) is 0 Å². The first-order chi connectivity index (χ1) is 20.6. The van der Waals surface area contributed by atoms with E-state index in [0.717, 1.165) is 29.7 Å². The van der Waals surface area contributed by atoms with E-state index in [4.69, 9.17) is 13.0 Å². The van der Waals surface area contributed by atoms with Crippen LogP contribution in [0.4, 0.5) is 0 Å². The molecule has 45 heavy (non-hydrogen) atoms. The number of unbranched alkanes of at least 4 members (excludes halogenated alkanes) is 1. The normalized spacial score (nSPS) is 27.7. The molecule has 0 saturated heterocycles. The highest BCUT2D eigenvalue weighted by atomic mass is 32.2. The minimum Gasteiger partial charge on any atom is -0.550 e. The van der Waals surface area contributed by atoms with Gasteiger partial charge >= 0.3 is 0 Å². The molecule has 0 heterocycles. The maximum atomic E-state index is 13.8. The minimum atomic E-state index is -4.03. The molecule has 3 rings (SSSR count). The van der Waals surface area contributed by atoms with E-state index in [0.29, 0.717) is 6.42 Å². The fourth-order valence-corrected chi connectivity index (χ4v) is 10.9. The number of hydrogen-bond acceptors (Lipinski definition) is 5. The first-order valence-electron chi connectivity index (χ1n) is 17.3. The number of aryl methyl sites for hydroxylation is 1. The lowest BCUT2D eigenvalue weighted by Gasteiger charge is -2.43. The molecular weight excluding hydrogens is 613 g/mol. The Balaban J connectivity index is 2.17. The molecule has 0 amide bonds. The van der Waals surface area contributed by atoms with Gasteiger partial charge < -0.3 is 8.85 Å². The molecule has 5 nitrogen and oxygen atoms in total. The van der Waals surface area contributed by atoms with Gasteiger partial charge in [-0.3, -0.25) is 4.18 Å². The molecule has 2 aliphatic rings. The van der Waals surface area contributed by atoms with Crippen LogP contribution in [0.1, 0.15) is 99.5 Å². The SMILES string of the molecule is C=C1C[C@H]2[C@@H](C(=CCC(C)(CCCC)C(C)(C)C)O[SiH](C)C)[C@H](C(C)(C)C)C[C@@]2(O[SiH](C)C)C1OS(=O)(=O)c1ccc(C)cc1. The van der Waals surface area contributed by atoms with Crippen molar-refractivity contribution >= 4 is 28.2 Å². The third-order valence-electron chi connectivity index (χ3n) is 10.8. The summed E-state index contributed by atoms with van der Waals surface area (Å²) in [5, 5.41) is 0. The van der Waals surface area contributed by atoms with Gasteiger partial charge in [-0.05, 0) is 105 Å². The number of hydrogen-bond donors (Lipinski definition) is 0. The lowest BCUT2D eigenvalue weighted by molar-refractivity contribution is -0.0324. The maximum Gasteiger partial charge on any atom is 0.297 e. The van der Waals surface area contributed by atoms with Crippen molar-refractivity contribution in [2.45, 2.75) is 144 Å². The van der Waals surface area contributed by atoms with E-state index in [9.17, 15) is 8.42 Å². The molecule has 256 valence electrons. The van der Waals surface area contributed by atoms with E-state index in [1.54, 1.807) is 12.1 Å². The van der Waals surface area contributed by atoms with Gasteiger partial charge in [0.15, 0.2) is 9.04 Å². The Morgan fingerprint density at radius 3 is 2.11 bits per heavy atom. The smallest absolute Gasteiger partial charge is 0.297 e. The monoisotopic (exact) mass is 676 g/mol. The van der Waals surface area contributed by atoms with E-state index in [1.807, 2.05) is 19.1 Å². The minimum absolute atomic E-state index is 0.0258. The van der Waals surface area contributed by atoms with Gasteiger partial charge in [0.25, 0.3) is 10.1 Å². The lowest BCUT2D eigenvalue weighted by Crippen LogP contribution is -2.48. The number of benzene rings is 1. The second-order valence-corrected chi connectivity index (χ2v) is 23.2. The Labute approximate surface area is 280 Å². The number of fused-ring (bicyclic) bond motifs is 1. The van der Waals surface area contributed by atoms with Crippen molar-refractivity contribution in [3.8, 4) is 0 Å². The summed E-state index contributed by atoms with van der Waals surface area (Å²) in [6.45, 7) is 34.0. The van der Waals surface area contributed by atoms with Gasteiger partial charge in [-0.1, -0.05) is 92.5 Å². The van der Waals surface area contributed by atoms with Crippen LogP contribution >= 0.6 is 0 Å². The van der Waals surface area contributed by atoms with Crippen molar-refractivity contribution in [1.29, 1.82) is 0 Å².